The molecule has 0 fully saturated rings. The van der Waals surface area contributed by atoms with Gasteiger partial charge in [-0.15, -0.1) is 0 Å². The standard InChI is InChI=1S/C13H15N3O3/c1-2-4-16-9-14-6-10(16)7-15-5-3-12(17)11(8-15)13(18)19/h3,5-6,8-9H,2,4,7H2,1H3,(H,18,19). The molecule has 0 bridgehead atoms. The summed E-state index contributed by atoms with van der Waals surface area (Å²) in [6, 6.07) is 1.27. The summed E-state index contributed by atoms with van der Waals surface area (Å²) in [5, 5.41) is 8.92. The quantitative estimate of drug-likeness (QED) is 0.877. The fourth-order valence-corrected chi connectivity index (χ4v) is 1.89. The maximum absolute atomic E-state index is 11.4. The van der Waals surface area contributed by atoms with E-state index in [0.29, 0.717) is 6.54 Å². The Bertz CT molecular complexity index is 643. The molecule has 0 unspecified atom stereocenters. The first-order chi connectivity index (χ1) is 9.11. The Morgan fingerprint density at radius 2 is 2.26 bits per heavy atom. The minimum atomic E-state index is -1.21. The van der Waals surface area contributed by atoms with Gasteiger partial charge >= 0.3 is 5.97 Å². The normalized spacial score (nSPS) is 10.6. The summed E-state index contributed by atoms with van der Waals surface area (Å²) in [4.78, 5) is 26.4. The highest BCUT2D eigenvalue weighted by Gasteiger charge is 2.09. The highest BCUT2D eigenvalue weighted by Crippen LogP contribution is 2.04. The number of rotatable bonds is 5. The monoisotopic (exact) mass is 261 g/mol. The lowest BCUT2D eigenvalue weighted by Gasteiger charge is -2.09. The fourth-order valence-electron chi connectivity index (χ4n) is 1.89. The van der Waals surface area contributed by atoms with Crippen LogP contribution in [0, 0.1) is 0 Å². The first kappa shape index (κ1) is 13.1. The maximum atomic E-state index is 11.4. The van der Waals surface area contributed by atoms with Crippen LogP contribution in [0.4, 0.5) is 0 Å². The van der Waals surface area contributed by atoms with Gasteiger partial charge in [0.05, 0.1) is 18.6 Å². The molecule has 0 saturated carbocycles. The van der Waals surface area contributed by atoms with Crippen molar-refractivity contribution in [3.63, 3.8) is 0 Å². The van der Waals surface area contributed by atoms with Crippen LogP contribution in [-0.4, -0.2) is 25.2 Å². The summed E-state index contributed by atoms with van der Waals surface area (Å²) in [5.74, 6) is -1.21. The van der Waals surface area contributed by atoms with E-state index in [2.05, 4.69) is 11.9 Å². The fraction of sp³-hybridized carbons (Fsp3) is 0.308. The molecule has 19 heavy (non-hydrogen) atoms. The van der Waals surface area contributed by atoms with E-state index >= 15 is 0 Å². The first-order valence-electron chi connectivity index (χ1n) is 6.04. The molecule has 2 aromatic heterocycles. The van der Waals surface area contributed by atoms with Gasteiger partial charge in [0.25, 0.3) is 0 Å². The Hall–Kier alpha value is -2.37. The van der Waals surface area contributed by atoms with Crippen molar-refractivity contribution in [2.45, 2.75) is 26.4 Å². The summed E-state index contributed by atoms with van der Waals surface area (Å²) < 4.78 is 3.69. The zero-order chi connectivity index (χ0) is 13.8. The van der Waals surface area contributed by atoms with Crippen LogP contribution < -0.4 is 5.43 Å². The summed E-state index contributed by atoms with van der Waals surface area (Å²) in [5.41, 5.74) is 0.275. The average molecular weight is 261 g/mol. The van der Waals surface area contributed by atoms with Crippen LogP contribution in [-0.2, 0) is 13.1 Å². The molecule has 0 aliphatic rings. The number of aromatic carboxylic acids is 1. The third kappa shape index (κ3) is 2.90. The van der Waals surface area contributed by atoms with Gasteiger partial charge in [0.1, 0.15) is 5.56 Å². The second-order valence-electron chi connectivity index (χ2n) is 4.28. The minimum Gasteiger partial charge on any atom is -0.477 e. The molecular formula is C13H15N3O3. The lowest BCUT2D eigenvalue weighted by atomic mass is 10.2. The molecule has 2 rings (SSSR count). The van der Waals surface area contributed by atoms with Crippen LogP contribution in [0.5, 0.6) is 0 Å². The van der Waals surface area contributed by atoms with Crippen molar-refractivity contribution in [1.29, 1.82) is 0 Å². The minimum absolute atomic E-state index is 0.218. The van der Waals surface area contributed by atoms with Crippen LogP contribution in [0.1, 0.15) is 29.4 Å². The third-order valence-corrected chi connectivity index (χ3v) is 2.82. The second kappa shape index (κ2) is 5.51. The highest BCUT2D eigenvalue weighted by atomic mass is 16.4. The molecule has 0 saturated heterocycles. The number of hydrogen-bond donors (Lipinski definition) is 1. The van der Waals surface area contributed by atoms with E-state index < -0.39 is 11.4 Å². The Balaban J connectivity index is 2.28. The Labute approximate surface area is 109 Å². The first-order valence-corrected chi connectivity index (χ1v) is 6.04. The van der Waals surface area contributed by atoms with Crippen LogP contribution in [0.2, 0.25) is 0 Å². The molecular weight excluding hydrogens is 246 g/mol. The van der Waals surface area contributed by atoms with Crippen LogP contribution in [0.25, 0.3) is 0 Å². The molecule has 100 valence electrons. The van der Waals surface area contributed by atoms with Crippen molar-refractivity contribution >= 4 is 5.97 Å². The van der Waals surface area contributed by atoms with E-state index in [1.807, 2.05) is 4.57 Å². The molecule has 6 nitrogen and oxygen atoms in total. The molecule has 2 heterocycles. The predicted molar refractivity (Wildman–Crippen MR) is 69.3 cm³/mol. The molecule has 0 amide bonds. The van der Waals surface area contributed by atoms with Gasteiger partial charge in [0.15, 0.2) is 5.43 Å². The number of nitrogens with zero attached hydrogens (tertiary/aromatic N) is 3. The van der Waals surface area contributed by atoms with Gasteiger partial charge in [0.2, 0.25) is 0 Å². The van der Waals surface area contributed by atoms with Crippen LogP contribution >= 0.6 is 0 Å². The molecule has 1 N–H and O–H groups in total. The third-order valence-electron chi connectivity index (χ3n) is 2.82. The molecule has 0 aromatic carbocycles. The zero-order valence-electron chi connectivity index (χ0n) is 10.6. The number of hydrogen-bond acceptors (Lipinski definition) is 3. The average Bonchev–Trinajstić information content (AvgIpc) is 2.79. The van der Waals surface area contributed by atoms with Gasteiger partial charge in [-0.3, -0.25) is 4.79 Å². The Kier molecular flexibility index (Phi) is 3.79. The topological polar surface area (TPSA) is 77.1 Å². The van der Waals surface area contributed by atoms with Crippen LogP contribution in [0.15, 0.2) is 35.8 Å². The summed E-state index contributed by atoms with van der Waals surface area (Å²) >= 11 is 0. The van der Waals surface area contributed by atoms with E-state index in [9.17, 15) is 9.59 Å². The number of carbonyl (C=O) groups is 1. The highest BCUT2D eigenvalue weighted by molar-refractivity contribution is 5.86. The summed E-state index contributed by atoms with van der Waals surface area (Å²) in [6.45, 7) is 3.42. The van der Waals surface area contributed by atoms with Crippen molar-refractivity contribution in [1.82, 2.24) is 14.1 Å². The van der Waals surface area contributed by atoms with Gasteiger partial charge in [-0.1, -0.05) is 6.92 Å². The second-order valence-corrected chi connectivity index (χ2v) is 4.28. The summed E-state index contributed by atoms with van der Waals surface area (Å²) in [6.07, 6.45) is 7.42. The molecule has 0 aliphatic carbocycles. The number of aryl methyl sites for hydroxylation is 1. The molecule has 0 radical (unpaired) electrons. The van der Waals surface area contributed by atoms with E-state index in [-0.39, 0.29) is 5.56 Å². The van der Waals surface area contributed by atoms with Gasteiger partial charge in [0, 0.05) is 31.2 Å². The lowest BCUT2D eigenvalue weighted by molar-refractivity contribution is 0.0694. The molecule has 0 spiro atoms. The predicted octanol–water partition coefficient (Wildman–Crippen LogP) is 1.20. The van der Waals surface area contributed by atoms with Gasteiger partial charge in [-0.2, -0.15) is 0 Å². The lowest BCUT2D eigenvalue weighted by Crippen LogP contribution is -2.17. The maximum Gasteiger partial charge on any atom is 0.341 e. The number of imidazole rings is 1. The van der Waals surface area contributed by atoms with E-state index in [1.165, 1.54) is 12.3 Å². The molecule has 6 heteroatoms. The Morgan fingerprint density at radius 1 is 1.47 bits per heavy atom. The molecule has 0 aliphatic heterocycles. The van der Waals surface area contributed by atoms with Gasteiger partial charge in [-0.25, -0.2) is 9.78 Å². The number of carboxylic acid groups (broad SMARTS) is 1. The van der Waals surface area contributed by atoms with Crippen molar-refractivity contribution in [2.75, 3.05) is 0 Å². The Morgan fingerprint density at radius 3 is 2.95 bits per heavy atom. The number of pyridine rings is 1. The summed E-state index contributed by atoms with van der Waals surface area (Å²) in [7, 11) is 0. The van der Waals surface area contributed by atoms with Gasteiger partial charge < -0.3 is 14.2 Å². The van der Waals surface area contributed by atoms with Crippen molar-refractivity contribution in [3.05, 3.63) is 52.5 Å². The van der Waals surface area contributed by atoms with E-state index in [0.717, 1.165) is 18.7 Å². The van der Waals surface area contributed by atoms with E-state index in [4.69, 9.17) is 5.11 Å². The van der Waals surface area contributed by atoms with Crippen LogP contribution in [0.3, 0.4) is 0 Å². The van der Waals surface area contributed by atoms with Crippen molar-refractivity contribution < 1.29 is 9.90 Å². The largest absolute Gasteiger partial charge is 0.477 e. The SMILES string of the molecule is CCCn1cncc1Cn1ccc(=O)c(C(=O)O)c1. The van der Waals surface area contributed by atoms with E-state index in [1.54, 1.807) is 23.3 Å². The number of carboxylic acids is 1. The number of aromatic nitrogens is 3. The molecule has 2 aromatic rings. The van der Waals surface area contributed by atoms with Crippen molar-refractivity contribution in [2.24, 2.45) is 0 Å². The smallest absolute Gasteiger partial charge is 0.341 e. The van der Waals surface area contributed by atoms with Crippen molar-refractivity contribution in [3.8, 4) is 0 Å². The van der Waals surface area contributed by atoms with Gasteiger partial charge in [-0.05, 0) is 6.42 Å². The molecule has 0 atom stereocenters. The zero-order valence-corrected chi connectivity index (χ0v) is 10.6.